The first-order valence-corrected chi connectivity index (χ1v) is 11.1. The number of carbonyl (C=O) groups is 3. The topological polar surface area (TPSA) is 78.5 Å². The minimum absolute atomic E-state index is 0.0103. The number of nitrogens with zero attached hydrogens (tertiary/aromatic N) is 1. The van der Waals surface area contributed by atoms with Crippen molar-refractivity contribution in [2.45, 2.75) is 65.6 Å². The lowest BCUT2D eigenvalue weighted by molar-refractivity contribution is -0.140. The maximum absolute atomic E-state index is 13.2. The van der Waals surface area contributed by atoms with Crippen LogP contribution < -0.4 is 10.6 Å². The SMILES string of the molecule is CC(C)CC(=O)N1Cc2ccccc2CC1C(=O)Nc1ccc(C(=O)NC(C)(C)C)cc1. The number of rotatable bonds is 5. The summed E-state index contributed by atoms with van der Waals surface area (Å²) in [7, 11) is 0. The van der Waals surface area contributed by atoms with E-state index < -0.39 is 6.04 Å². The molecule has 1 aliphatic rings. The summed E-state index contributed by atoms with van der Waals surface area (Å²) in [6.07, 6.45) is 0.890. The average molecular weight is 436 g/mol. The van der Waals surface area contributed by atoms with E-state index in [9.17, 15) is 14.4 Å². The van der Waals surface area contributed by atoms with Crippen molar-refractivity contribution in [3.8, 4) is 0 Å². The monoisotopic (exact) mass is 435 g/mol. The van der Waals surface area contributed by atoms with Crippen LogP contribution in [0.2, 0.25) is 0 Å². The maximum Gasteiger partial charge on any atom is 0.251 e. The number of carbonyl (C=O) groups excluding carboxylic acids is 3. The standard InChI is InChI=1S/C26H33N3O3/c1-17(2)14-23(30)29-16-20-9-7-6-8-19(20)15-22(29)25(32)27-21-12-10-18(11-13-21)24(31)28-26(3,4)5/h6-13,17,22H,14-16H2,1-5H3,(H,27,32)(H,28,31). The number of benzene rings is 2. The molecule has 2 aromatic rings. The zero-order valence-electron chi connectivity index (χ0n) is 19.6. The van der Waals surface area contributed by atoms with E-state index in [0.29, 0.717) is 30.6 Å². The van der Waals surface area contributed by atoms with E-state index in [1.807, 2.05) is 58.9 Å². The molecule has 0 aromatic heterocycles. The van der Waals surface area contributed by atoms with E-state index in [1.165, 1.54) is 0 Å². The lowest BCUT2D eigenvalue weighted by Crippen LogP contribution is -2.50. The van der Waals surface area contributed by atoms with Gasteiger partial charge in [-0.2, -0.15) is 0 Å². The molecule has 1 atom stereocenters. The highest BCUT2D eigenvalue weighted by Crippen LogP contribution is 2.26. The summed E-state index contributed by atoms with van der Waals surface area (Å²) in [5.74, 6) is -0.174. The van der Waals surface area contributed by atoms with Gasteiger partial charge in [0.15, 0.2) is 0 Å². The van der Waals surface area contributed by atoms with E-state index >= 15 is 0 Å². The fraction of sp³-hybridized carbons (Fsp3) is 0.423. The molecule has 0 spiro atoms. The minimum atomic E-state index is -0.569. The van der Waals surface area contributed by atoms with Crippen molar-refractivity contribution in [3.63, 3.8) is 0 Å². The van der Waals surface area contributed by atoms with Crippen LogP contribution in [0.25, 0.3) is 0 Å². The molecule has 2 N–H and O–H groups in total. The molecule has 0 fully saturated rings. The van der Waals surface area contributed by atoms with Gasteiger partial charge in [-0.15, -0.1) is 0 Å². The Morgan fingerprint density at radius 3 is 2.22 bits per heavy atom. The molecule has 0 aliphatic carbocycles. The van der Waals surface area contributed by atoms with Crippen molar-refractivity contribution >= 4 is 23.4 Å². The molecular formula is C26H33N3O3. The highest BCUT2D eigenvalue weighted by molar-refractivity contribution is 5.99. The van der Waals surface area contributed by atoms with Crippen LogP contribution in [0.4, 0.5) is 5.69 Å². The fourth-order valence-corrected chi connectivity index (χ4v) is 3.83. The van der Waals surface area contributed by atoms with Crippen molar-refractivity contribution in [2.75, 3.05) is 5.32 Å². The van der Waals surface area contributed by atoms with Crippen LogP contribution >= 0.6 is 0 Å². The van der Waals surface area contributed by atoms with Gasteiger partial charge >= 0.3 is 0 Å². The van der Waals surface area contributed by atoms with Crippen LogP contribution in [0.3, 0.4) is 0 Å². The van der Waals surface area contributed by atoms with Crippen LogP contribution in [-0.4, -0.2) is 34.2 Å². The molecule has 0 saturated heterocycles. The van der Waals surface area contributed by atoms with Gasteiger partial charge in [-0.25, -0.2) is 0 Å². The van der Waals surface area contributed by atoms with Crippen molar-refractivity contribution in [3.05, 3.63) is 65.2 Å². The van der Waals surface area contributed by atoms with Crippen molar-refractivity contribution in [1.29, 1.82) is 0 Å². The van der Waals surface area contributed by atoms with Crippen molar-refractivity contribution in [1.82, 2.24) is 10.2 Å². The minimum Gasteiger partial charge on any atom is -0.347 e. The Morgan fingerprint density at radius 2 is 1.62 bits per heavy atom. The van der Waals surface area contributed by atoms with E-state index in [0.717, 1.165) is 11.1 Å². The van der Waals surface area contributed by atoms with Gasteiger partial charge in [-0.3, -0.25) is 14.4 Å². The van der Waals surface area contributed by atoms with E-state index in [1.54, 1.807) is 29.2 Å². The van der Waals surface area contributed by atoms with Gasteiger partial charge in [0, 0.05) is 36.2 Å². The van der Waals surface area contributed by atoms with E-state index in [2.05, 4.69) is 10.6 Å². The first-order valence-electron chi connectivity index (χ1n) is 11.1. The summed E-state index contributed by atoms with van der Waals surface area (Å²) in [6.45, 7) is 10.2. The molecule has 3 rings (SSSR count). The third-order valence-electron chi connectivity index (χ3n) is 5.36. The highest BCUT2D eigenvalue weighted by Gasteiger charge is 2.34. The summed E-state index contributed by atoms with van der Waals surface area (Å²) in [6, 6.07) is 14.2. The summed E-state index contributed by atoms with van der Waals surface area (Å²) < 4.78 is 0. The Balaban J connectivity index is 1.75. The molecule has 32 heavy (non-hydrogen) atoms. The van der Waals surface area contributed by atoms with Crippen LogP contribution in [0, 0.1) is 5.92 Å². The largest absolute Gasteiger partial charge is 0.347 e. The van der Waals surface area contributed by atoms with Crippen LogP contribution in [0.5, 0.6) is 0 Å². The van der Waals surface area contributed by atoms with E-state index in [4.69, 9.17) is 0 Å². The third-order valence-corrected chi connectivity index (χ3v) is 5.36. The number of hydrogen-bond donors (Lipinski definition) is 2. The summed E-state index contributed by atoms with van der Waals surface area (Å²) in [5, 5.41) is 5.85. The lowest BCUT2D eigenvalue weighted by atomic mass is 9.92. The first kappa shape index (κ1) is 23.5. The molecule has 0 radical (unpaired) electrons. The highest BCUT2D eigenvalue weighted by atomic mass is 16.2. The zero-order chi connectivity index (χ0) is 23.5. The number of fused-ring (bicyclic) bond motifs is 1. The second kappa shape index (κ2) is 9.55. The molecule has 3 amide bonds. The third kappa shape index (κ3) is 5.96. The predicted octanol–water partition coefficient (Wildman–Crippen LogP) is 4.15. The van der Waals surface area contributed by atoms with Crippen LogP contribution in [0.1, 0.15) is 62.5 Å². The molecule has 1 heterocycles. The molecule has 0 saturated carbocycles. The molecule has 6 heteroatoms. The van der Waals surface area contributed by atoms with Crippen molar-refractivity contribution < 1.29 is 14.4 Å². The molecule has 1 aliphatic heterocycles. The van der Waals surface area contributed by atoms with Gasteiger partial charge in [0.25, 0.3) is 5.91 Å². The fourth-order valence-electron chi connectivity index (χ4n) is 3.83. The van der Waals surface area contributed by atoms with Gasteiger partial charge in [-0.05, 0) is 62.1 Å². The Kier molecular flexibility index (Phi) is 7.02. The first-order chi connectivity index (χ1) is 15.0. The van der Waals surface area contributed by atoms with Crippen LogP contribution in [-0.2, 0) is 22.6 Å². The predicted molar refractivity (Wildman–Crippen MR) is 126 cm³/mol. The number of anilines is 1. The molecule has 2 aromatic carbocycles. The summed E-state index contributed by atoms with van der Waals surface area (Å²) in [5.41, 5.74) is 2.97. The number of amides is 3. The van der Waals surface area contributed by atoms with Gasteiger partial charge in [0.2, 0.25) is 11.8 Å². The quantitative estimate of drug-likeness (QED) is 0.740. The smallest absolute Gasteiger partial charge is 0.251 e. The Bertz CT molecular complexity index is 990. The number of nitrogens with one attached hydrogen (secondary N) is 2. The molecular weight excluding hydrogens is 402 g/mol. The van der Waals surface area contributed by atoms with Gasteiger partial charge < -0.3 is 15.5 Å². The Labute approximate surface area is 190 Å². The van der Waals surface area contributed by atoms with Crippen LogP contribution in [0.15, 0.2) is 48.5 Å². The second-order valence-corrected chi connectivity index (χ2v) is 9.88. The average Bonchev–Trinajstić information content (AvgIpc) is 2.71. The Morgan fingerprint density at radius 1 is 1.00 bits per heavy atom. The normalized spacial score (nSPS) is 15.8. The van der Waals surface area contributed by atoms with Gasteiger partial charge in [0.05, 0.1) is 0 Å². The molecule has 1 unspecified atom stereocenters. The second-order valence-electron chi connectivity index (χ2n) is 9.88. The molecule has 6 nitrogen and oxygen atoms in total. The lowest BCUT2D eigenvalue weighted by Gasteiger charge is -2.36. The zero-order valence-corrected chi connectivity index (χ0v) is 19.6. The van der Waals surface area contributed by atoms with Gasteiger partial charge in [0.1, 0.15) is 6.04 Å². The van der Waals surface area contributed by atoms with Gasteiger partial charge in [-0.1, -0.05) is 38.1 Å². The van der Waals surface area contributed by atoms with Crippen molar-refractivity contribution in [2.24, 2.45) is 5.92 Å². The summed E-state index contributed by atoms with van der Waals surface area (Å²) in [4.78, 5) is 40.1. The molecule has 170 valence electrons. The molecule has 0 bridgehead atoms. The summed E-state index contributed by atoms with van der Waals surface area (Å²) >= 11 is 0. The maximum atomic E-state index is 13.2. The number of hydrogen-bond acceptors (Lipinski definition) is 3. The Hall–Kier alpha value is -3.15. The van der Waals surface area contributed by atoms with E-state index in [-0.39, 0.29) is 29.2 Å².